The highest BCUT2D eigenvalue weighted by molar-refractivity contribution is 9.11. The number of nitrogens with one attached hydrogen (secondary N) is 2. The van der Waals surface area contributed by atoms with Gasteiger partial charge in [-0.3, -0.25) is 5.10 Å². The van der Waals surface area contributed by atoms with Gasteiger partial charge in [-0.2, -0.15) is 5.10 Å². The van der Waals surface area contributed by atoms with Gasteiger partial charge >= 0.3 is 0 Å². The Morgan fingerprint density at radius 1 is 1.56 bits per heavy atom. The normalized spacial score (nSPS) is 18.8. The van der Waals surface area contributed by atoms with Gasteiger partial charge in [0.1, 0.15) is 12.2 Å². The molecule has 0 spiro atoms. The maximum Gasteiger partial charge on any atom is 0.137 e. The van der Waals surface area contributed by atoms with Crippen molar-refractivity contribution in [3.8, 4) is 0 Å². The van der Waals surface area contributed by atoms with Crippen molar-refractivity contribution in [3.63, 3.8) is 0 Å². The molecule has 1 aliphatic carbocycles. The molecule has 2 aromatic rings. The lowest BCUT2D eigenvalue weighted by Gasteiger charge is -2.23. The zero-order valence-corrected chi connectivity index (χ0v) is 12.4. The molecule has 2 heterocycles. The number of fused-ring (bicyclic) bond motifs is 1. The van der Waals surface area contributed by atoms with Crippen LogP contribution in [0.3, 0.4) is 0 Å². The molecular formula is C12H15BrN4S. The number of hydrogen-bond acceptors (Lipinski definition) is 4. The highest BCUT2D eigenvalue weighted by atomic mass is 79.9. The third-order valence-electron chi connectivity index (χ3n) is 3.30. The second kappa shape index (κ2) is 5.50. The predicted molar refractivity (Wildman–Crippen MR) is 75.8 cm³/mol. The number of rotatable bonds is 4. The van der Waals surface area contributed by atoms with E-state index in [1.807, 2.05) is 11.3 Å². The number of nitrogens with zero attached hydrogens (tertiary/aromatic N) is 2. The van der Waals surface area contributed by atoms with E-state index in [2.05, 4.69) is 42.5 Å². The van der Waals surface area contributed by atoms with Crippen molar-refractivity contribution in [2.24, 2.45) is 0 Å². The maximum atomic E-state index is 4.14. The lowest BCUT2D eigenvalue weighted by molar-refractivity contribution is 0.465. The number of aromatic nitrogens is 3. The number of aromatic amines is 1. The molecule has 1 unspecified atom stereocenters. The van der Waals surface area contributed by atoms with E-state index in [9.17, 15) is 0 Å². The van der Waals surface area contributed by atoms with Gasteiger partial charge in [0.15, 0.2) is 0 Å². The van der Waals surface area contributed by atoms with E-state index >= 15 is 0 Å². The fourth-order valence-electron chi connectivity index (χ4n) is 2.45. The van der Waals surface area contributed by atoms with Crippen LogP contribution in [0.2, 0.25) is 0 Å². The van der Waals surface area contributed by atoms with E-state index in [0.29, 0.717) is 6.04 Å². The fraction of sp³-hybridized carbons (Fsp3) is 0.500. The first-order valence-electron chi connectivity index (χ1n) is 6.18. The molecule has 0 aliphatic heterocycles. The summed E-state index contributed by atoms with van der Waals surface area (Å²) in [5.41, 5.74) is 1.48. The van der Waals surface area contributed by atoms with Gasteiger partial charge in [0.2, 0.25) is 0 Å². The second-order valence-electron chi connectivity index (χ2n) is 4.51. The summed E-state index contributed by atoms with van der Waals surface area (Å²) in [6.45, 7) is 0.937. The maximum absolute atomic E-state index is 4.14. The molecule has 1 aliphatic rings. The second-order valence-corrected chi connectivity index (χ2v) is 7.03. The number of H-pyrrole nitrogens is 1. The largest absolute Gasteiger partial charge is 0.309 e. The molecule has 18 heavy (non-hydrogen) atoms. The van der Waals surface area contributed by atoms with Crippen LogP contribution in [-0.4, -0.2) is 21.7 Å². The van der Waals surface area contributed by atoms with Crippen LogP contribution in [0.25, 0.3) is 0 Å². The highest BCUT2D eigenvalue weighted by Gasteiger charge is 2.21. The molecule has 0 radical (unpaired) electrons. The van der Waals surface area contributed by atoms with Crippen LogP contribution in [0.15, 0.2) is 16.2 Å². The first-order valence-corrected chi connectivity index (χ1v) is 7.79. The van der Waals surface area contributed by atoms with E-state index in [0.717, 1.165) is 18.8 Å². The average Bonchev–Trinajstić information content (AvgIpc) is 2.97. The first kappa shape index (κ1) is 12.3. The molecule has 0 amide bonds. The van der Waals surface area contributed by atoms with Crippen molar-refractivity contribution < 1.29 is 0 Å². The predicted octanol–water partition coefficient (Wildman–Crippen LogP) is 2.84. The molecule has 96 valence electrons. The number of halogens is 1. The van der Waals surface area contributed by atoms with Crippen molar-refractivity contribution in [1.29, 1.82) is 0 Å². The standard InChI is InChI=1S/C12H15BrN4S/c13-11-6-8-9(2-1-3-10(8)18-11)14-5-4-12-15-7-16-17-12/h6-7,9,14H,1-5H2,(H,15,16,17). The van der Waals surface area contributed by atoms with Crippen LogP contribution < -0.4 is 5.32 Å². The summed E-state index contributed by atoms with van der Waals surface area (Å²) in [5.74, 6) is 0.949. The Bertz CT molecular complexity index is 508. The number of thiophene rings is 1. The third-order valence-corrected chi connectivity index (χ3v) is 5.01. The third kappa shape index (κ3) is 2.65. The molecular weight excluding hydrogens is 312 g/mol. The molecule has 0 aromatic carbocycles. The Balaban J connectivity index is 1.60. The summed E-state index contributed by atoms with van der Waals surface area (Å²) in [7, 11) is 0. The van der Waals surface area contributed by atoms with Crippen LogP contribution in [0.5, 0.6) is 0 Å². The summed E-state index contributed by atoms with van der Waals surface area (Å²) in [4.78, 5) is 5.67. The lowest BCUT2D eigenvalue weighted by atomic mass is 9.94. The van der Waals surface area contributed by atoms with Crippen LogP contribution in [0, 0.1) is 0 Å². The van der Waals surface area contributed by atoms with Gasteiger partial charge < -0.3 is 5.32 Å². The van der Waals surface area contributed by atoms with Gasteiger partial charge in [-0.1, -0.05) is 0 Å². The Morgan fingerprint density at radius 3 is 3.33 bits per heavy atom. The number of aryl methyl sites for hydroxylation is 1. The van der Waals surface area contributed by atoms with Crippen LogP contribution in [0.1, 0.15) is 35.1 Å². The molecule has 2 aromatic heterocycles. The molecule has 1 atom stereocenters. The smallest absolute Gasteiger partial charge is 0.137 e. The van der Waals surface area contributed by atoms with E-state index in [1.54, 1.807) is 6.33 Å². The van der Waals surface area contributed by atoms with Crippen molar-refractivity contribution in [3.05, 3.63) is 32.4 Å². The van der Waals surface area contributed by atoms with Crippen molar-refractivity contribution >= 4 is 27.3 Å². The quantitative estimate of drug-likeness (QED) is 0.908. The van der Waals surface area contributed by atoms with E-state index in [4.69, 9.17) is 0 Å². The zero-order chi connectivity index (χ0) is 12.4. The molecule has 0 fully saturated rings. The molecule has 2 N–H and O–H groups in total. The molecule has 3 rings (SSSR count). The van der Waals surface area contributed by atoms with Gasteiger partial charge in [0.25, 0.3) is 0 Å². The zero-order valence-electron chi connectivity index (χ0n) is 9.95. The average molecular weight is 327 g/mol. The molecule has 4 nitrogen and oxygen atoms in total. The monoisotopic (exact) mass is 326 g/mol. The van der Waals surface area contributed by atoms with Crippen LogP contribution >= 0.6 is 27.3 Å². The minimum Gasteiger partial charge on any atom is -0.309 e. The molecule has 0 saturated carbocycles. The van der Waals surface area contributed by atoms with Gasteiger partial charge in [0, 0.05) is 23.9 Å². The van der Waals surface area contributed by atoms with E-state index < -0.39 is 0 Å². The molecule has 6 heteroatoms. The first-order chi connectivity index (χ1) is 8.83. The fourth-order valence-corrected chi connectivity index (χ4v) is 4.27. The Morgan fingerprint density at radius 2 is 2.50 bits per heavy atom. The Labute approximate surface area is 118 Å². The molecule has 0 bridgehead atoms. The Kier molecular flexibility index (Phi) is 3.77. The minimum atomic E-state index is 0.499. The van der Waals surface area contributed by atoms with Crippen molar-refractivity contribution in [2.75, 3.05) is 6.54 Å². The van der Waals surface area contributed by atoms with Gasteiger partial charge in [0.05, 0.1) is 3.79 Å². The lowest BCUT2D eigenvalue weighted by Crippen LogP contribution is -2.26. The van der Waals surface area contributed by atoms with E-state index in [1.165, 1.54) is 33.5 Å². The minimum absolute atomic E-state index is 0.499. The molecule has 0 saturated heterocycles. The number of hydrogen-bond donors (Lipinski definition) is 2. The summed E-state index contributed by atoms with van der Waals surface area (Å²) in [6.07, 6.45) is 6.19. The SMILES string of the molecule is Brc1cc2c(s1)CCCC2NCCc1ncn[nH]1. The summed E-state index contributed by atoms with van der Waals surface area (Å²) in [6, 6.07) is 2.77. The van der Waals surface area contributed by atoms with Gasteiger partial charge in [-0.05, 0) is 46.8 Å². The topological polar surface area (TPSA) is 53.6 Å². The van der Waals surface area contributed by atoms with Crippen LogP contribution in [-0.2, 0) is 12.8 Å². The van der Waals surface area contributed by atoms with Crippen molar-refractivity contribution in [1.82, 2.24) is 20.5 Å². The van der Waals surface area contributed by atoms with Crippen LogP contribution in [0.4, 0.5) is 0 Å². The highest BCUT2D eigenvalue weighted by Crippen LogP contribution is 2.37. The summed E-state index contributed by atoms with van der Waals surface area (Å²) >= 11 is 5.46. The van der Waals surface area contributed by atoms with Gasteiger partial charge in [-0.15, -0.1) is 11.3 Å². The Hall–Kier alpha value is -0.720. The van der Waals surface area contributed by atoms with Crippen molar-refractivity contribution in [2.45, 2.75) is 31.7 Å². The summed E-state index contributed by atoms with van der Waals surface area (Å²) in [5, 5.41) is 10.4. The summed E-state index contributed by atoms with van der Waals surface area (Å²) < 4.78 is 1.25. The van der Waals surface area contributed by atoms with E-state index in [-0.39, 0.29) is 0 Å². The van der Waals surface area contributed by atoms with Gasteiger partial charge in [-0.25, -0.2) is 4.98 Å².